The van der Waals surface area contributed by atoms with Gasteiger partial charge >= 0.3 is 0 Å². The highest BCUT2D eigenvalue weighted by Gasteiger charge is 2.03. The molecule has 2 aromatic rings. The van der Waals surface area contributed by atoms with E-state index < -0.39 is 0 Å². The molecule has 4 nitrogen and oxygen atoms in total. The topological polar surface area (TPSA) is 51.6 Å². The van der Waals surface area contributed by atoms with E-state index in [-0.39, 0.29) is 0 Å². The second-order valence-electron chi connectivity index (χ2n) is 4.26. The summed E-state index contributed by atoms with van der Waals surface area (Å²) in [4.78, 5) is 2.17. The summed E-state index contributed by atoms with van der Waals surface area (Å²) < 4.78 is 10.7. The molecular weight excluding hydrogens is 228 g/mol. The lowest BCUT2D eigenvalue weighted by Gasteiger charge is -2.16. The number of nitrogens with zero attached hydrogens (tertiary/aromatic N) is 1. The molecule has 0 radical (unpaired) electrons. The zero-order chi connectivity index (χ0) is 12.8. The molecule has 2 N–H and O–H groups in total. The van der Waals surface area contributed by atoms with Gasteiger partial charge in [0.25, 0.3) is 0 Å². The zero-order valence-electron chi connectivity index (χ0n) is 10.5. The molecule has 1 heterocycles. The van der Waals surface area contributed by atoms with Gasteiger partial charge in [-0.15, -0.1) is 0 Å². The van der Waals surface area contributed by atoms with Gasteiger partial charge in [0.15, 0.2) is 0 Å². The van der Waals surface area contributed by atoms with Crippen LogP contribution in [0.25, 0.3) is 0 Å². The van der Waals surface area contributed by atoms with Crippen molar-refractivity contribution in [2.45, 2.75) is 6.54 Å². The number of hydrogen-bond donors (Lipinski definition) is 1. The standard InChI is InChI=1S/C14H18N2O2/c1-16(10-12-6-8-17-11-12)7-9-18-14-5-3-2-4-13(14)15/h2-6,8,11H,7,9-10,15H2,1H3. The summed E-state index contributed by atoms with van der Waals surface area (Å²) >= 11 is 0. The van der Waals surface area contributed by atoms with Crippen molar-refractivity contribution in [3.05, 3.63) is 48.4 Å². The highest BCUT2D eigenvalue weighted by Crippen LogP contribution is 2.19. The van der Waals surface area contributed by atoms with E-state index in [1.54, 1.807) is 12.5 Å². The van der Waals surface area contributed by atoms with Crippen molar-refractivity contribution in [2.24, 2.45) is 0 Å². The van der Waals surface area contributed by atoms with Crippen LogP contribution in [-0.4, -0.2) is 25.1 Å². The van der Waals surface area contributed by atoms with Gasteiger partial charge in [0.05, 0.1) is 18.2 Å². The molecule has 4 heteroatoms. The molecule has 0 fully saturated rings. The molecule has 0 aliphatic heterocycles. The summed E-state index contributed by atoms with van der Waals surface area (Å²) in [6.45, 7) is 2.30. The number of likely N-dealkylation sites (N-methyl/N-ethyl adjacent to an activating group) is 1. The summed E-state index contributed by atoms with van der Waals surface area (Å²) in [5, 5.41) is 0. The van der Waals surface area contributed by atoms with Gasteiger partial charge in [0.1, 0.15) is 12.4 Å². The quantitative estimate of drug-likeness (QED) is 0.795. The molecule has 0 saturated heterocycles. The molecule has 0 unspecified atom stereocenters. The zero-order valence-corrected chi connectivity index (χ0v) is 10.5. The maximum Gasteiger partial charge on any atom is 0.142 e. The molecule has 1 aromatic heterocycles. The van der Waals surface area contributed by atoms with E-state index in [2.05, 4.69) is 4.90 Å². The lowest BCUT2D eigenvalue weighted by atomic mass is 10.3. The van der Waals surface area contributed by atoms with Gasteiger partial charge in [-0.25, -0.2) is 0 Å². The summed E-state index contributed by atoms with van der Waals surface area (Å²) in [6, 6.07) is 9.50. The molecule has 0 bridgehead atoms. The van der Waals surface area contributed by atoms with E-state index >= 15 is 0 Å². The van der Waals surface area contributed by atoms with Gasteiger partial charge < -0.3 is 14.9 Å². The van der Waals surface area contributed by atoms with Crippen LogP contribution in [0.15, 0.2) is 47.3 Å². The minimum Gasteiger partial charge on any atom is -0.490 e. The van der Waals surface area contributed by atoms with Gasteiger partial charge in [-0.3, -0.25) is 4.90 Å². The number of nitrogen functional groups attached to an aromatic ring is 1. The third kappa shape index (κ3) is 3.53. The van der Waals surface area contributed by atoms with Gasteiger partial charge in [-0.1, -0.05) is 12.1 Å². The highest BCUT2D eigenvalue weighted by molar-refractivity contribution is 5.51. The maximum absolute atomic E-state index is 5.80. The Hall–Kier alpha value is -1.94. The SMILES string of the molecule is CN(CCOc1ccccc1N)Cc1ccoc1. The fraction of sp³-hybridized carbons (Fsp3) is 0.286. The number of ether oxygens (including phenoxy) is 1. The molecule has 0 aliphatic rings. The fourth-order valence-electron chi connectivity index (χ4n) is 1.70. The molecule has 1 aromatic carbocycles. The van der Waals surface area contributed by atoms with Crippen LogP contribution in [0.5, 0.6) is 5.75 Å². The first-order valence-electron chi connectivity index (χ1n) is 5.92. The maximum atomic E-state index is 5.80. The Bertz CT molecular complexity index is 468. The first-order chi connectivity index (χ1) is 8.75. The van der Waals surface area contributed by atoms with Crippen molar-refractivity contribution < 1.29 is 9.15 Å². The van der Waals surface area contributed by atoms with Crippen molar-refractivity contribution in [1.29, 1.82) is 0 Å². The lowest BCUT2D eigenvalue weighted by molar-refractivity contribution is 0.233. The van der Waals surface area contributed by atoms with Crippen LogP contribution >= 0.6 is 0 Å². The van der Waals surface area contributed by atoms with E-state index in [0.29, 0.717) is 12.3 Å². The second-order valence-corrected chi connectivity index (χ2v) is 4.26. The van der Waals surface area contributed by atoms with Gasteiger partial charge in [-0.05, 0) is 25.2 Å². The van der Waals surface area contributed by atoms with Crippen molar-refractivity contribution in [3.8, 4) is 5.75 Å². The van der Waals surface area contributed by atoms with E-state index in [1.807, 2.05) is 37.4 Å². The largest absolute Gasteiger partial charge is 0.490 e. The van der Waals surface area contributed by atoms with E-state index in [0.717, 1.165) is 24.4 Å². The number of furan rings is 1. The number of anilines is 1. The van der Waals surface area contributed by atoms with Crippen molar-refractivity contribution in [1.82, 2.24) is 4.90 Å². The smallest absolute Gasteiger partial charge is 0.142 e. The van der Waals surface area contributed by atoms with Crippen LogP contribution < -0.4 is 10.5 Å². The van der Waals surface area contributed by atoms with Crippen LogP contribution in [-0.2, 0) is 6.54 Å². The minimum atomic E-state index is 0.614. The third-order valence-electron chi connectivity index (χ3n) is 2.68. The Labute approximate surface area is 107 Å². The molecular formula is C14H18N2O2. The van der Waals surface area contributed by atoms with Gasteiger partial charge in [-0.2, -0.15) is 0 Å². The molecule has 0 atom stereocenters. The van der Waals surface area contributed by atoms with E-state index in [1.165, 1.54) is 0 Å². The van der Waals surface area contributed by atoms with Crippen molar-refractivity contribution in [3.63, 3.8) is 0 Å². The highest BCUT2D eigenvalue weighted by atomic mass is 16.5. The van der Waals surface area contributed by atoms with Crippen LogP contribution in [0.2, 0.25) is 0 Å². The number of rotatable bonds is 6. The van der Waals surface area contributed by atoms with E-state index in [4.69, 9.17) is 14.9 Å². The molecule has 0 aliphatic carbocycles. The fourth-order valence-corrected chi connectivity index (χ4v) is 1.70. The summed E-state index contributed by atoms with van der Waals surface area (Å²) in [5.74, 6) is 0.745. The van der Waals surface area contributed by atoms with Crippen LogP contribution in [0.4, 0.5) is 5.69 Å². The Morgan fingerprint density at radius 3 is 2.83 bits per heavy atom. The van der Waals surface area contributed by atoms with Crippen molar-refractivity contribution >= 4 is 5.69 Å². The number of hydrogen-bond acceptors (Lipinski definition) is 4. The Morgan fingerprint density at radius 1 is 1.28 bits per heavy atom. The number of nitrogens with two attached hydrogens (primary N) is 1. The Morgan fingerprint density at radius 2 is 2.11 bits per heavy atom. The molecule has 0 spiro atoms. The Kier molecular flexibility index (Phi) is 4.25. The third-order valence-corrected chi connectivity index (χ3v) is 2.68. The van der Waals surface area contributed by atoms with E-state index in [9.17, 15) is 0 Å². The summed E-state index contributed by atoms with van der Waals surface area (Å²) in [7, 11) is 2.05. The van der Waals surface area contributed by atoms with Crippen LogP contribution in [0, 0.1) is 0 Å². The molecule has 96 valence electrons. The average molecular weight is 246 g/mol. The van der Waals surface area contributed by atoms with Gasteiger partial charge in [0.2, 0.25) is 0 Å². The summed E-state index contributed by atoms with van der Waals surface area (Å²) in [5.41, 5.74) is 7.64. The van der Waals surface area contributed by atoms with Crippen LogP contribution in [0.3, 0.4) is 0 Å². The second kappa shape index (κ2) is 6.12. The molecule has 18 heavy (non-hydrogen) atoms. The number of benzene rings is 1. The van der Waals surface area contributed by atoms with Crippen LogP contribution in [0.1, 0.15) is 5.56 Å². The monoisotopic (exact) mass is 246 g/mol. The molecule has 0 saturated carbocycles. The number of para-hydroxylation sites is 2. The predicted molar refractivity (Wildman–Crippen MR) is 71.4 cm³/mol. The van der Waals surface area contributed by atoms with Gasteiger partial charge in [0, 0.05) is 18.7 Å². The lowest BCUT2D eigenvalue weighted by Crippen LogP contribution is -2.23. The Balaban J connectivity index is 1.74. The normalized spacial score (nSPS) is 10.8. The van der Waals surface area contributed by atoms with Crippen molar-refractivity contribution in [2.75, 3.05) is 25.9 Å². The minimum absolute atomic E-state index is 0.614. The predicted octanol–water partition coefficient (Wildman–Crippen LogP) is 2.37. The first-order valence-corrected chi connectivity index (χ1v) is 5.92. The average Bonchev–Trinajstić information content (AvgIpc) is 2.84. The molecule has 0 amide bonds. The summed E-state index contributed by atoms with van der Waals surface area (Å²) in [6.07, 6.45) is 3.44. The molecule has 2 rings (SSSR count). The first kappa shape index (κ1) is 12.5.